The van der Waals surface area contributed by atoms with Crippen molar-refractivity contribution in [3.05, 3.63) is 23.8 Å². The normalized spacial score (nSPS) is 10.4. The molecular weight excluding hydrogens is 250 g/mol. The van der Waals surface area contributed by atoms with Crippen molar-refractivity contribution in [2.24, 2.45) is 11.5 Å². The molecule has 5 N–H and O–H groups in total. The molecule has 0 heterocycles. The quantitative estimate of drug-likeness (QED) is 0.596. The molecule has 7 heteroatoms. The Kier molecular flexibility index (Phi) is 5.13. The summed E-state index contributed by atoms with van der Waals surface area (Å²) in [6, 6.07) is 4.80. The zero-order chi connectivity index (χ0) is 14.4. The second kappa shape index (κ2) is 6.60. The molecule has 0 bridgehead atoms. The van der Waals surface area contributed by atoms with E-state index < -0.39 is 11.8 Å². The SMILES string of the molecule is COc1ccc(CN(CC(N)=O)CC(N)=O)cc1O. The number of nitrogens with zero attached hydrogens (tertiary/aromatic N) is 1. The number of ether oxygens (including phenoxy) is 1. The Balaban J connectivity index is 2.80. The van der Waals surface area contributed by atoms with Gasteiger partial charge in [-0.05, 0) is 17.7 Å². The first-order valence-corrected chi connectivity index (χ1v) is 5.57. The number of hydrogen-bond acceptors (Lipinski definition) is 5. The van der Waals surface area contributed by atoms with Crippen LogP contribution in [0.5, 0.6) is 11.5 Å². The van der Waals surface area contributed by atoms with Crippen LogP contribution in [0.25, 0.3) is 0 Å². The van der Waals surface area contributed by atoms with Crippen molar-refractivity contribution in [3.8, 4) is 11.5 Å². The van der Waals surface area contributed by atoms with Gasteiger partial charge in [0.1, 0.15) is 0 Å². The number of benzene rings is 1. The lowest BCUT2D eigenvalue weighted by Gasteiger charge is -2.19. The highest BCUT2D eigenvalue weighted by atomic mass is 16.5. The van der Waals surface area contributed by atoms with Crippen LogP contribution < -0.4 is 16.2 Å². The molecule has 0 saturated heterocycles. The van der Waals surface area contributed by atoms with E-state index in [1.165, 1.54) is 18.1 Å². The molecule has 0 aromatic heterocycles. The third-order valence-electron chi connectivity index (χ3n) is 2.41. The summed E-state index contributed by atoms with van der Waals surface area (Å²) in [5.74, 6) is -0.781. The van der Waals surface area contributed by atoms with Crippen molar-refractivity contribution in [2.45, 2.75) is 6.54 Å². The highest BCUT2D eigenvalue weighted by Gasteiger charge is 2.13. The van der Waals surface area contributed by atoms with Gasteiger partial charge < -0.3 is 21.3 Å². The average molecular weight is 267 g/mol. The van der Waals surface area contributed by atoms with Crippen molar-refractivity contribution >= 4 is 11.8 Å². The molecule has 1 aromatic rings. The van der Waals surface area contributed by atoms with Gasteiger partial charge in [-0.3, -0.25) is 14.5 Å². The summed E-state index contributed by atoms with van der Waals surface area (Å²) in [7, 11) is 1.45. The van der Waals surface area contributed by atoms with Crippen LogP contribution in [-0.2, 0) is 16.1 Å². The highest BCUT2D eigenvalue weighted by Crippen LogP contribution is 2.26. The Morgan fingerprint density at radius 3 is 2.26 bits per heavy atom. The molecule has 7 nitrogen and oxygen atoms in total. The number of hydrogen-bond donors (Lipinski definition) is 3. The van der Waals surface area contributed by atoms with E-state index in [-0.39, 0.29) is 25.4 Å². The van der Waals surface area contributed by atoms with Gasteiger partial charge in [0.05, 0.1) is 20.2 Å². The third kappa shape index (κ3) is 4.84. The summed E-state index contributed by atoms with van der Waals surface area (Å²) >= 11 is 0. The number of aromatic hydroxyl groups is 1. The fourth-order valence-corrected chi connectivity index (χ4v) is 1.70. The molecular formula is C12H17N3O4. The second-order valence-corrected chi connectivity index (χ2v) is 4.08. The van der Waals surface area contributed by atoms with Gasteiger partial charge in [-0.25, -0.2) is 0 Å². The summed E-state index contributed by atoms with van der Waals surface area (Å²) < 4.78 is 4.92. The molecule has 1 aromatic carbocycles. The predicted molar refractivity (Wildman–Crippen MR) is 68.3 cm³/mol. The smallest absolute Gasteiger partial charge is 0.231 e. The first-order valence-electron chi connectivity index (χ1n) is 5.57. The standard InChI is InChI=1S/C12H17N3O4/c1-19-10-3-2-8(4-9(10)16)5-15(6-11(13)17)7-12(14)18/h2-4,16H,5-7H2,1H3,(H2,13,17)(H2,14,18). The number of rotatable bonds is 7. The van der Waals surface area contributed by atoms with Crippen molar-refractivity contribution in [3.63, 3.8) is 0 Å². The van der Waals surface area contributed by atoms with Crippen LogP contribution in [0.15, 0.2) is 18.2 Å². The molecule has 0 aliphatic carbocycles. The van der Waals surface area contributed by atoms with E-state index in [9.17, 15) is 14.7 Å². The fourth-order valence-electron chi connectivity index (χ4n) is 1.70. The van der Waals surface area contributed by atoms with Crippen LogP contribution in [0, 0.1) is 0 Å². The largest absolute Gasteiger partial charge is 0.504 e. The summed E-state index contributed by atoms with van der Waals surface area (Å²) in [6.07, 6.45) is 0. The Hall–Kier alpha value is -2.28. The minimum atomic E-state index is -0.556. The zero-order valence-corrected chi connectivity index (χ0v) is 10.6. The topological polar surface area (TPSA) is 119 Å². The number of primary amides is 2. The lowest BCUT2D eigenvalue weighted by molar-refractivity contribution is -0.122. The van der Waals surface area contributed by atoms with Crippen LogP contribution in [0.4, 0.5) is 0 Å². The maximum absolute atomic E-state index is 10.9. The van der Waals surface area contributed by atoms with Crippen molar-refractivity contribution < 1.29 is 19.4 Å². The fraction of sp³-hybridized carbons (Fsp3) is 0.333. The van der Waals surface area contributed by atoms with Gasteiger partial charge in [0.15, 0.2) is 11.5 Å². The molecule has 0 spiro atoms. The van der Waals surface area contributed by atoms with Gasteiger partial charge in [0.25, 0.3) is 0 Å². The monoisotopic (exact) mass is 267 g/mol. The van der Waals surface area contributed by atoms with Crippen molar-refractivity contribution in [2.75, 3.05) is 20.2 Å². The third-order valence-corrected chi connectivity index (χ3v) is 2.41. The molecule has 0 fully saturated rings. The van der Waals surface area contributed by atoms with Gasteiger partial charge in [-0.2, -0.15) is 0 Å². The van der Waals surface area contributed by atoms with E-state index in [1.54, 1.807) is 12.1 Å². The number of carbonyl (C=O) groups excluding carboxylic acids is 2. The maximum Gasteiger partial charge on any atom is 0.231 e. The van der Waals surface area contributed by atoms with Crippen molar-refractivity contribution in [1.29, 1.82) is 0 Å². The van der Waals surface area contributed by atoms with E-state index in [2.05, 4.69) is 0 Å². The van der Waals surface area contributed by atoms with Gasteiger partial charge in [-0.15, -0.1) is 0 Å². The van der Waals surface area contributed by atoms with Gasteiger partial charge in [0, 0.05) is 6.54 Å². The number of phenolic OH excluding ortho intramolecular Hbond substituents is 1. The molecule has 1 rings (SSSR count). The van der Waals surface area contributed by atoms with E-state index in [0.29, 0.717) is 11.3 Å². The Morgan fingerprint density at radius 1 is 1.26 bits per heavy atom. The van der Waals surface area contributed by atoms with Crippen LogP contribution in [-0.4, -0.2) is 42.0 Å². The Morgan fingerprint density at radius 2 is 1.84 bits per heavy atom. The lowest BCUT2D eigenvalue weighted by atomic mass is 10.2. The average Bonchev–Trinajstić information content (AvgIpc) is 2.27. The Labute approximate surface area is 110 Å². The number of methoxy groups -OCH3 is 1. The second-order valence-electron chi connectivity index (χ2n) is 4.08. The van der Waals surface area contributed by atoms with Gasteiger partial charge in [-0.1, -0.05) is 6.07 Å². The van der Waals surface area contributed by atoms with E-state index in [0.717, 1.165) is 0 Å². The molecule has 0 unspecified atom stereocenters. The molecule has 19 heavy (non-hydrogen) atoms. The molecule has 0 aliphatic rings. The minimum absolute atomic E-state index is 0.0156. The minimum Gasteiger partial charge on any atom is -0.504 e. The van der Waals surface area contributed by atoms with Crippen LogP contribution in [0.1, 0.15) is 5.56 Å². The molecule has 0 atom stereocenters. The van der Waals surface area contributed by atoms with Gasteiger partial charge >= 0.3 is 0 Å². The van der Waals surface area contributed by atoms with E-state index in [4.69, 9.17) is 16.2 Å². The predicted octanol–water partition coefficient (Wildman–Crippen LogP) is -0.827. The van der Waals surface area contributed by atoms with Crippen LogP contribution in [0.3, 0.4) is 0 Å². The number of nitrogens with two attached hydrogens (primary N) is 2. The lowest BCUT2D eigenvalue weighted by Crippen LogP contribution is -2.39. The van der Waals surface area contributed by atoms with Crippen LogP contribution in [0.2, 0.25) is 0 Å². The zero-order valence-electron chi connectivity index (χ0n) is 10.6. The van der Waals surface area contributed by atoms with E-state index in [1.807, 2.05) is 0 Å². The Bertz CT molecular complexity index is 460. The molecule has 0 radical (unpaired) electrons. The van der Waals surface area contributed by atoms with E-state index >= 15 is 0 Å². The summed E-state index contributed by atoms with van der Waals surface area (Å²) in [6.45, 7) is 0.0922. The number of phenols is 1. The van der Waals surface area contributed by atoms with Crippen LogP contribution >= 0.6 is 0 Å². The molecule has 0 aliphatic heterocycles. The maximum atomic E-state index is 10.9. The summed E-state index contributed by atoms with van der Waals surface area (Å²) in [4.78, 5) is 23.3. The van der Waals surface area contributed by atoms with Crippen molar-refractivity contribution in [1.82, 2.24) is 4.90 Å². The first kappa shape index (κ1) is 14.8. The summed E-state index contributed by atoms with van der Waals surface area (Å²) in [5.41, 5.74) is 10.9. The molecule has 0 saturated carbocycles. The summed E-state index contributed by atoms with van der Waals surface area (Å²) in [5, 5.41) is 9.64. The highest BCUT2D eigenvalue weighted by molar-refractivity contribution is 5.79. The first-order chi connectivity index (χ1) is 8.92. The molecule has 104 valence electrons. The molecule has 2 amide bonds. The number of carbonyl (C=O) groups is 2. The number of amides is 2. The van der Waals surface area contributed by atoms with Gasteiger partial charge in [0.2, 0.25) is 11.8 Å².